The monoisotopic (exact) mass is 366 g/mol. The highest BCUT2D eigenvalue weighted by atomic mass is 16.4. The van der Waals surface area contributed by atoms with Crippen molar-refractivity contribution in [3.05, 3.63) is 65.7 Å². The molecule has 2 amide bonds. The van der Waals surface area contributed by atoms with Gasteiger partial charge in [0.25, 0.3) is 0 Å². The predicted octanol–water partition coefficient (Wildman–Crippen LogP) is 2.80. The van der Waals surface area contributed by atoms with Crippen LogP contribution in [0.5, 0.6) is 0 Å². The van der Waals surface area contributed by atoms with Gasteiger partial charge < -0.3 is 15.3 Å². The molecule has 1 aliphatic rings. The van der Waals surface area contributed by atoms with Crippen LogP contribution in [-0.2, 0) is 16.0 Å². The molecule has 2 aromatic carbocycles. The number of carbonyl (C=O) groups excluding carboxylic acids is 2. The molecule has 2 aromatic rings. The minimum Gasteiger partial charge on any atom is -0.478 e. The van der Waals surface area contributed by atoms with Gasteiger partial charge in [-0.2, -0.15) is 0 Å². The number of carbonyl (C=O) groups is 3. The summed E-state index contributed by atoms with van der Waals surface area (Å²) in [6.45, 7) is 1.14. The van der Waals surface area contributed by atoms with Gasteiger partial charge in [0.05, 0.1) is 5.56 Å². The Morgan fingerprint density at radius 1 is 0.963 bits per heavy atom. The summed E-state index contributed by atoms with van der Waals surface area (Å²) in [5.74, 6) is -1.76. The SMILES string of the molecule is O=C(Nc1ccc(C(=O)O)cc1)C(=O)N1CCC(Cc2ccccc2)CC1. The van der Waals surface area contributed by atoms with E-state index in [1.165, 1.54) is 29.8 Å². The van der Waals surface area contributed by atoms with E-state index in [1.807, 2.05) is 18.2 Å². The van der Waals surface area contributed by atoms with Crippen LogP contribution in [0.3, 0.4) is 0 Å². The summed E-state index contributed by atoms with van der Waals surface area (Å²) < 4.78 is 0. The number of aromatic carboxylic acids is 1. The maximum atomic E-state index is 12.4. The van der Waals surface area contributed by atoms with Gasteiger partial charge in [-0.3, -0.25) is 9.59 Å². The fourth-order valence-electron chi connectivity index (χ4n) is 3.31. The molecule has 0 aliphatic carbocycles. The summed E-state index contributed by atoms with van der Waals surface area (Å²) in [6, 6.07) is 16.0. The largest absolute Gasteiger partial charge is 0.478 e. The van der Waals surface area contributed by atoms with Crippen LogP contribution in [0.4, 0.5) is 5.69 Å². The van der Waals surface area contributed by atoms with Crippen molar-refractivity contribution in [2.45, 2.75) is 19.3 Å². The number of nitrogens with one attached hydrogen (secondary N) is 1. The number of amides is 2. The number of benzene rings is 2. The Morgan fingerprint density at radius 3 is 2.19 bits per heavy atom. The van der Waals surface area contributed by atoms with Gasteiger partial charge in [-0.15, -0.1) is 0 Å². The Morgan fingerprint density at radius 2 is 1.59 bits per heavy atom. The topological polar surface area (TPSA) is 86.7 Å². The first-order valence-corrected chi connectivity index (χ1v) is 9.00. The van der Waals surface area contributed by atoms with Gasteiger partial charge in [0, 0.05) is 18.8 Å². The molecule has 0 spiro atoms. The normalized spacial score (nSPS) is 14.6. The molecule has 3 rings (SSSR count). The first-order valence-electron chi connectivity index (χ1n) is 9.00. The summed E-state index contributed by atoms with van der Waals surface area (Å²) >= 11 is 0. The van der Waals surface area contributed by atoms with E-state index < -0.39 is 17.8 Å². The van der Waals surface area contributed by atoms with Gasteiger partial charge in [-0.25, -0.2) is 4.79 Å². The Kier molecular flexibility index (Phi) is 5.86. The Balaban J connectivity index is 1.49. The minimum atomic E-state index is -1.04. The third-order valence-electron chi connectivity index (χ3n) is 4.85. The number of carboxylic acid groups (broad SMARTS) is 1. The zero-order chi connectivity index (χ0) is 19.2. The standard InChI is InChI=1S/C21H22N2O4/c24-19(22-18-8-6-17(7-9-18)21(26)27)20(25)23-12-10-16(11-13-23)14-15-4-2-1-3-5-15/h1-9,16H,10-14H2,(H,22,24)(H,26,27). The third-order valence-corrected chi connectivity index (χ3v) is 4.85. The lowest BCUT2D eigenvalue weighted by atomic mass is 9.90. The molecule has 1 heterocycles. The van der Waals surface area contributed by atoms with Gasteiger partial charge in [-0.05, 0) is 55.0 Å². The van der Waals surface area contributed by atoms with Gasteiger partial charge in [0.1, 0.15) is 0 Å². The highest BCUT2D eigenvalue weighted by Gasteiger charge is 2.27. The van der Waals surface area contributed by atoms with Crippen LogP contribution in [-0.4, -0.2) is 40.9 Å². The molecule has 6 nitrogen and oxygen atoms in total. The second-order valence-electron chi connectivity index (χ2n) is 6.76. The first-order chi connectivity index (χ1) is 13.0. The fourth-order valence-corrected chi connectivity index (χ4v) is 3.31. The van der Waals surface area contributed by atoms with Crippen molar-refractivity contribution in [1.82, 2.24) is 4.90 Å². The molecule has 140 valence electrons. The van der Waals surface area contributed by atoms with Gasteiger partial charge in [0.2, 0.25) is 0 Å². The second kappa shape index (κ2) is 8.49. The number of hydrogen-bond acceptors (Lipinski definition) is 3. The molecule has 0 bridgehead atoms. The molecule has 1 saturated heterocycles. The summed E-state index contributed by atoms with van der Waals surface area (Å²) in [4.78, 5) is 37.0. The maximum absolute atomic E-state index is 12.4. The zero-order valence-corrected chi connectivity index (χ0v) is 14.9. The van der Waals surface area contributed by atoms with E-state index in [-0.39, 0.29) is 5.56 Å². The molecular formula is C21H22N2O4. The molecule has 0 unspecified atom stereocenters. The smallest absolute Gasteiger partial charge is 0.335 e. The van der Waals surface area contributed by atoms with Crippen LogP contribution < -0.4 is 5.32 Å². The molecular weight excluding hydrogens is 344 g/mol. The minimum absolute atomic E-state index is 0.125. The third kappa shape index (κ3) is 4.94. The lowest BCUT2D eigenvalue weighted by Crippen LogP contribution is -2.44. The van der Waals surface area contributed by atoms with E-state index in [0.29, 0.717) is 24.7 Å². The fraction of sp³-hybridized carbons (Fsp3) is 0.286. The molecule has 0 saturated carbocycles. The maximum Gasteiger partial charge on any atom is 0.335 e. The van der Waals surface area contributed by atoms with Gasteiger partial charge >= 0.3 is 17.8 Å². The van der Waals surface area contributed by atoms with Crippen LogP contribution in [0.1, 0.15) is 28.8 Å². The van der Waals surface area contributed by atoms with Crippen molar-refractivity contribution in [2.24, 2.45) is 5.92 Å². The van der Waals surface area contributed by atoms with Crippen molar-refractivity contribution < 1.29 is 19.5 Å². The van der Waals surface area contributed by atoms with Crippen molar-refractivity contribution in [3.8, 4) is 0 Å². The number of rotatable bonds is 4. The predicted molar refractivity (Wildman–Crippen MR) is 101 cm³/mol. The van der Waals surface area contributed by atoms with Crippen LogP contribution in [0, 0.1) is 5.92 Å². The molecule has 0 aromatic heterocycles. The van der Waals surface area contributed by atoms with E-state index in [0.717, 1.165) is 19.3 Å². The molecule has 1 aliphatic heterocycles. The number of carboxylic acids is 1. The van der Waals surface area contributed by atoms with E-state index in [1.54, 1.807) is 4.90 Å². The van der Waals surface area contributed by atoms with E-state index in [2.05, 4.69) is 17.4 Å². The van der Waals surface area contributed by atoms with Crippen molar-refractivity contribution in [3.63, 3.8) is 0 Å². The average molecular weight is 366 g/mol. The molecule has 27 heavy (non-hydrogen) atoms. The summed E-state index contributed by atoms with van der Waals surface area (Å²) in [6.07, 6.45) is 2.74. The lowest BCUT2D eigenvalue weighted by Gasteiger charge is -2.31. The number of likely N-dealkylation sites (tertiary alicyclic amines) is 1. The zero-order valence-electron chi connectivity index (χ0n) is 14.9. The van der Waals surface area contributed by atoms with Crippen LogP contribution in [0.2, 0.25) is 0 Å². The Hall–Kier alpha value is -3.15. The lowest BCUT2D eigenvalue weighted by molar-refractivity contribution is -0.144. The van der Waals surface area contributed by atoms with E-state index in [4.69, 9.17) is 5.11 Å². The number of anilines is 1. The molecule has 2 N–H and O–H groups in total. The summed E-state index contributed by atoms with van der Waals surface area (Å²) in [5, 5.41) is 11.4. The van der Waals surface area contributed by atoms with E-state index in [9.17, 15) is 14.4 Å². The Labute approximate surface area is 157 Å². The molecule has 6 heteroatoms. The summed E-state index contributed by atoms with van der Waals surface area (Å²) in [7, 11) is 0. The quantitative estimate of drug-likeness (QED) is 0.815. The van der Waals surface area contributed by atoms with E-state index >= 15 is 0 Å². The first kappa shape index (κ1) is 18.6. The van der Waals surface area contributed by atoms with Gasteiger partial charge in [0.15, 0.2) is 0 Å². The number of piperidine rings is 1. The van der Waals surface area contributed by atoms with Crippen molar-refractivity contribution >= 4 is 23.5 Å². The van der Waals surface area contributed by atoms with Crippen molar-refractivity contribution in [2.75, 3.05) is 18.4 Å². The molecule has 0 atom stereocenters. The van der Waals surface area contributed by atoms with Crippen LogP contribution >= 0.6 is 0 Å². The second-order valence-corrected chi connectivity index (χ2v) is 6.76. The van der Waals surface area contributed by atoms with Crippen LogP contribution in [0.15, 0.2) is 54.6 Å². The molecule has 0 radical (unpaired) electrons. The Bertz CT molecular complexity index is 810. The average Bonchev–Trinajstić information content (AvgIpc) is 2.69. The van der Waals surface area contributed by atoms with Crippen molar-refractivity contribution in [1.29, 1.82) is 0 Å². The number of nitrogens with zero attached hydrogens (tertiary/aromatic N) is 1. The number of hydrogen-bond donors (Lipinski definition) is 2. The van der Waals surface area contributed by atoms with Crippen LogP contribution in [0.25, 0.3) is 0 Å². The highest BCUT2D eigenvalue weighted by molar-refractivity contribution is 6.39. The van der Waals surface area contributed by atoms with Gasteiger partial charge in [-0.1, -0.05) is 30.3 Å². The summed E-state index contributed by atoms with van der Waals surface area (Å²) in [5.41, 5.74) is 1.82. The highest BCUT2D eigenvalue weighted by Crippen LogP contribution is 2.22. The molecule has 1 fully saturated rings.